The van der Waals surface area contributed by atoms with Crippen molar-refractivity contribution in [3.05, 3.63) is 38.7 Å². The normalized spacial score (nSPS) is 10.6. The van der Waals surface area contributed by atoms with Gasteiger partial charge in [0.1, 0.15) is 11.3 Å². The minimum atomic E-state index is -0.306. The van der Waals surface area contributed by atoms with E-state index in [1.165, 1.54) is 0 Å². The number of rotatable bonds is 1. The van der Waals surface area contributed by atoms with Crippen LogP contribution in [-0.2, 0) is 0 Å². The fraction of sp³-hybridized carbons (Fsp3) is 0.182. The number of ether oxygens (including phenoxy) is 1. The second-order valence-electron chi connectivity index (χ2n) is 3.24. The predicted molar refractivity (Wildman–Crippen MR) is 61.5 cm³/mol. The van der Waals surface area contributed by atoms with Crippen molar-refractivity contribution in [1.82, 2.24) is 0 Å². The van der Waals surface area contributed by atoms with E-state index in [-0.39, 0.29) is 5.63 Å². The number of benzene rings is 1. The zero-order valence-corrected chi connectivity index (χ0v) is 9.92. The summed E-state index contributed by atoms with van der Waals surface area (Å²) in [6.07, 6.45) is 0. The number of aryl methyl sites for hydroxylation is 1. The van der Waals surface area contributed by atoms with E-state index in [0.29, 0.717) is 11.1 Å². The molecule has 0 aliphatic carbocycles. The van der Waals surface area contributed by atoms with E-state index in [2.05, 4.69) is 15.9 Å². The predicted octanol–water partition coefficient (Wildman–Crippen LogP) is 2.87. The molecule has 1 aromatic heterocycles. The molecule has 0 unspecified atom stereocenters. The molecule has 2 rings (SSSR count). The Labute approximate surface area is 94.8 Å². The van der Waals surface area contributed by atoms with Gasteiger partial charge in [-0.15, -0.1) is 0 Å². The van der Waals surface area contributed by atoms with Gasteiger partial charge in [-0.25, -0.2) is 4.79 Å². The van der Waals surface area contributed by atoms with Crippen molar-refractivity contribution in [3.63, 3.8) is 0 Å². The molecule has 0 saturated carbocycles. The topological polar surface area (TPSA) is 39.4 Å². The fourth-order valence-electron chi connectivity index (χ4n) is 1.38. The number of methoxy groups -OCH3 is 1. The molecule has 2 aromatic rings. The Hall–Kier alpha value is -1.29. The van der Waals surface area contributed by atoms with Crippen molar-refractivity contribution >= 4 is 26.9 Å². The molecule has 0 aliphatic rings. The van der Waals surface area contributed by atoms with Crippen molar-refractivity contribution < 1.29 is 9.15 Å². The largest absolute Gasteiger partial charge is 0.496 e. The Balaban J connectivity index is 2.82. The molecule has 0 aliphatic heterocycles. The fourth-order valence-corrected chi connectivity index (χ4v) is 1.87. The van der Waals surface area contributed by atoms with E-state index in [1.54, 1.807) is 26.2 Å². The average molecular weight is 269 g/mol. The Morgan fingerprint density at radius 1 is 1.33 bits per heavy atom. The molecule has 1 heterocycles. The molecular weight excluding hydrogens is 260 g/mol. The summed E-state index contributed by atoms with van der Waals surface area (Å²) in [4.78, 5) is 11.3. The number of hydrogen-bond donors (Lipinski definition) is 0. The van der Waals surface area contributed by atoms with Gasteiger partial charge in [-0.05, 0) is 41.1 Å². The third-order valence-corrected chi connectivity index (χ3v) is 2.80. The van der Waals surface area contributed by atoms with Crippen LogP contribution >= 0.6 is 15.9 Å². The van der Waals surface area contributed by atoms with Gasteiger partial charge < -0.3 is 9.15 Å². The molecule has 0 atom stereocenters. The minimum Gasteiger partial charge on any atom is -0.496 e. The van der Waals surface area contributed by atoms with Crippen LogP contribution in [0.15, 0.2) is 31.9 Å². The lowest BCUT2D eigenvalue weighted by Gasteiger charge is -2.04. The summed E-state index contributed by atoms with van der Waals surface area (Å²) in [5.41, 5.74) is 0.838. The maximum absolute atomic E-state index is 11.3. The van der Waals surface area contributed by atoms with Crippen LogP contribution in [0.3, 0.4) is 0 Å². The lowest BCUT2D eigenvalue weighted by atomic mass is 10.2. The SMILES string of the molecule is COc1cc2cc(C)c(=O)oc2cc1Br. The third kappa shape index (κ3) is 1.77. The number of hydrogen-bond acceptors (Lipinski definition) is 3. The quantitative estimate of drug-likeness (QED) is 0.747. The first kappa shape index (κ1) is 10.2. The maximum Gasteiger partial charge on any atom is 0.339 e. The zero-order chi connectivity index (χ0) is 11.0. The Morgan fingerprint density at radius 3 is 2.73 bits per heavy atom. The van der Waals surface area contributed by atoms with Gasteiger partial charge in [0.2, 0.25) is 0 Å². The second kappa shape index (κ2) is 3.70. The van der Waals surface area contributed by atoms with Gasteiger partial charge in [-0.2, -0.15) is 0 Å². The Bertz CT molecular complexity index is 572. The highest BCUT2D eigenvalue weighted by atomic mass is 79.9. The summed E-state index contributed by atoms with van der Waals surface area (Å²) in [5, 5.41) is 0.854. The lowest BCUT2D eigenvalue weighted by Crippen LogP contribution is -2.01. The van der Waals surface area contributed by atoms with Gasteiger partial charge >= 0.3 is 5.63 Å². The van der Waals surface area contributed by atoms with Crippen molar-refractivity contribution in [2.45, 2.75) is 6.92 Å². The molecule has 4 heteroatoms. The van der Waals surface area contributed by atoms with Crippen LogP contribution in [0.5, 0.6) is 5.75 Å². The summed E-state index contributed by atoms with van der Waals surface area (Å²) in [5.74, 6) is 0.718. The first-order valence-electron chi connectivity index (χ1n) is 4.40. The van der Waals surface area contributed by atoms with Crippen molar-refractivity contribution in [3.8, 4) is 5.75 Å². The zero-order valence-electron chi connectivity index (χ0n) is 8.33. The van der Waals surface area contributed by atoms with Gasteiger partial charge in [-0.3, -0.25) is 0 Å². The van der Waals surface area contributed by atoms with E-state index in [1.807, 2.05) is 6.07 Å². The van der Waals surface area contributed by atoms with Crippen molar-refractivity contribution in [2.24, 2.45) is 0 Å². The molecule has 0 N–H and O–H groups in total. The highest BCUT2D eigenvalue weighted by Gasteiger charge is 2.06. The molecular formula is C11H9BrO3. The molecule has 0 fully saturated rings. The van der Waals surface area contributed by atoms with Crippen LogP contribution in [0.1, 0.15) is 5.56 Å². The van der Waals surface area contributed by atoms with E-state index in [4.69, 9.17) is 9.15 Å². The van der Waals surface area contributed by atoms with Crippen LogP contribution in [0.4, 0.5) is 0 Å². The average Bonchev–Trinajstić information content (AvgIpc) is 2.20. The number of halogens is 1. The molecule has 3 nitrogen and oxygen atoms in total. The highest BCUT2D eigenvalue weighted by Crippen LogP contribution is 2.29. The Morgan fingerprint density at radius 2 is 2.07 bits per heavy atom. The van der Waals surface area contributed by atoms with Gasteiger partial charge in [0.25, 0.3) is 0 Å². The van der Waals surface area contributed by atoms with Gasteiger partial charge in [0.05, 0.1) is 11.6 Å². The smallest absolute Gasteiger partial charge is 0.339 e. The van der Waals surface area contributed by atoms with Gasteiger partial charge in [0.15, 0.2) is 0 Å². The Kier molecular flexibility index (Phi) is 2.52. The maximum atomic E-state index is 11.3. The van der Waals surface area contributed by atoms with E-state index in [0.717, 1.165) is 15.6 Å². The minimum absolute atomic E-state index is 0.306. The molecule has 15 heavy (non-hydrogen) atoms. The molecule has 78 valence electrons. The third-order valence-electron chi connectivity index (χ3n) is 2.18. The van der Waals surface area contributed by atoms with Crippen LogP contribution < -0.4 is 10.4 Å². The summed E-state index contributed by atoms with van der Waals surface area (Å²) in [7, 11) is 1.60. The molecule has 0 amide bonds. The molecule has 0 bridgehead atoms. The second-order valence-corrected chi connectivity index (χ2v) is 4.10. The molecule has 1 aromatic carbocycles. The first-order valence-corrected chi connectivity index (χ1v) is 5.19. The summed E-state index contributed by atoms with van der Waals surface area (Å²) in [6.45, 7) is 1.72. The van der Waals surface area contributed by atoms with Crippen LogP contribution in [0.2, 0.25) is 0 Å². The van der Waals surface area contributed by atoms with Crippen LogP contribution in [0, 0.1) is 6.92 Å². The monoisotopic (exact) mass is 268 g/mol. The molecule has 0 saturated heterocycles. The van der Waals surface area contributed by atoms with Crippen LogP contribution in [0.25, 0.3) is 11.0 Å². The van der Waals surface area contributed by atoms with E-state index >= 15 is 0 Å². The van der Waals surface area contributed by atoms with Gasteiger partial charge in [0, 0.05) is 10.9 Å². The summed E-state index contributed by atoms with van der Waals surface area (Å²) in [6, 6.07) is 5.35. The standard InChI is InChI=1S/C11H9BrO3/c1-6-3-7-4-10(14-2)8(12)5-9(7)15-11(6)13/h3-5H,1-2H3. The van der Waals surface area contributed by atoms with E-state index < -0.39 is 0 Å². The highest BCUT2D eigenvalue weighted by molar-refractivity contribution is 9.10. The summed E-state index contributed by atoms with van der Waals surface area (Å²) >= 11 is 3.33. The van der Waals surface area contributed by atoms with Crippen molar-refractivity contribution in [1.29, 1.82) is 0 Å². The summed E-state index contributed by atoms with van der Waals surface area (Å²) < 4.78 is 11.1. The lowest BCUT2D eigenvalue weighted by molar-refractivity contribution is 0.412. The first-order chi connectivity index (χ1) is 7.11. The van der Waals surface area contributed by atoms with Crippen LogP contribution in [-0.4, -0.2) is 7.11 Å². The van der Waals surface area contributed by atoms with Gasteiger partial charge in [-0.1, -0.05) is 0 Å². The number of fused-ring (bicyclic) bond motifs is 1. The van der Waals surface area contributed by atoms with Crippen molar-refractivity contribution in [2.75, 3.05) is 7.11 Å². The molecule has 0 spiro atoms. The van der Waals surface area contributed by atoms with E-state index in [9.17, 15) is 4.79 Å². The molecule has 0 radical (unpaired) electrons.